The van der Waals surface area contributed by atoms with Gasteiger partial charge in [0.2, 0.25) is 0 Å². The summed E-state index contributed by atoms with van der Waals surface area (Å²) < 4.78 is 0. The maximum absolute atomic E-state index is 11.3. The summed E-state index contributed by atoms with van der Waals surface area (Å²) in [5, 5.41) is 12.7. The second-order valence-electron chi connectivity index (χ2n) is 4.73. The average molecular weight is 253 g/mol. The van der Waals surface area contributed by atoms with Crippen LogP contribution in [0.2, 0.25) is 0 Å². The van der Waals surface area contributed by atoms with E-state index in [4.69, 9.17) is 0 Å². The average Bonchev–Trinajstić information content (AvgIpc) is 2.90. The van der Waals surface area contributed by atoms with Crippen LogP contribution in [-0.2, 0) is 4.79 Å². The van der Waals surface area contributed by atoms with Crippen LogP contribution in [0.5, 0.6) is 0 Å². The third-order valence-corrected chi connectivity index (χ3v) is 4.48. The minimum atomic E-state index is -0.725. The SMILES string of the molecule is Cc1ccc(C(CNC2CCCC2)C(=O)O)s1. The van der Waals surface area contributed by atoms with Gasteiger partial charge in [0.15, 0.2) is 0 Å². The predicted molar refractivity (Wildman–Crippen MR) is 69.7 cm³/mol. The Bertz CT molecular complexity index is 383. The summed E-state index contributed by atoms with van der Waals surface area (Å²) in [6, 6.07) is 4.46. The molecule has 17 heavy (non-hydrogen) atoms. The Balaban J connectivity index is 1.95. The van der Waals surface area contributed by atoms with Gasteiger partial charge in [-0.2, -0.15) is 0 Å². The van der Waals surface area contributed by atoms with Gasteiger partial charge in [-0.1, -0.05) is 12.8 Å². The molecule has 1 aliphatic rings. The maximum atomic E-state index is 11.3. The van der Waals surface area contributed by atoms with Crippen molar-refractivity contribution >= 4 is 17.3 Å². The number of hydrogen-bond donors (Lipinski definition) is 2. The Morgan fingerprint density at radius 2 is 2.24 bits per heavy atom. The Morgan fingerprint density at radius 1 is 1.53 bits per heavy atom. The lowest BCUT2D eigenvalue weighted by atomic mass is 10.1. The van der Waals surface area contributed by atoms with Gasteiger partial charge in [0, 0.05) is 22.3 Å². The Morgan fingerprint density at radius 3 is 2.76 bits per heavy atom. The van der Waals surface area contributed by atoms with Crippen LogP contribution in [0, 0.1) is 6.92 Å². The summed E-state index contributed by atoms with van der Waals surface area (Å²) in [7, 11) is 0. The van der Waals surface area contributed by atoms with Crippen molar-refractivity contribution in [1.29, 1.82) is 0 Å². The van der Waals surface area contributed by atoms with Gasteiger partial charge < -0.3 is 10.4 Å². The first-order valence-corrected chi connectivity index (χ1v) is 7.01. The molecule has 0 saturated heterocycles. The Hall–Kier alpha value is -0.870. The lowest BCUT2D eigenvalue weighted by Crippen LogP contribution is -2.33. The van der Waals surface area contributed by atoms with Crippen molar-refractivity contribution in [3.63, 3.8) is 0 Å². The van der Waals surface area contributed by atoms with Crippen molar-refractivity contribution in [3.8, 4) is 0 Å². The molecule has 2 N–H and O–H groups in total. The predicted octanol–water partition coefficient (Wildman–Crippen LogP) is 2.76. The van der Waals surface area contributed by atoms with Crippen LogP contribution in [0.4, 0.5) is 0 Å². The van der Waals surface area contributed by atoms with Crippen molar-refractivity contribution in [2.45, 2.75) is 44.6 Å². The number of aryl methyl sites for hydroxylation is 1. The fourth-order valence-electron chi connectivity index (χ4n) is 2.36. The number of carbonyl (C=O) groups is 1. The highest BCUT2D eigenvalue weighted by Crippen LogP contribution is 2.25. The van der Waals surface area contributed by atoms with Crippen LogP contribution in [0.1, 0.15) is 41.4 Å². The fraction of sp³-hybridized carbons (Fsp3) is 0.615. The van der Waals surface area contributed by atoms with Gasteiger partial charge in [-0.05, 0) is 31.9 Å². The Kier molecular flexibility index (Phi) is 4.18. The minimum Gasteiger partial charge on any atom is -0.481 e. The minimum absolute atomic E-state index is 0.394. The van der Waals surface area contributed by atoms with Crippen molar-refractivity contribution < 1.29 is 9.90 Å². The fourth-order valence-corrected chi connectivity index (χ4v) is 3.34. The smallest absolute Gasteiger partial charge is 0.313 e. The largest absolute Gasteiger partial charge is 0.481 e. The van der Waals surface area contributed by atoms with Crippen LogP contribution in [0.15, 0.2) is 12.1 Å². The zero-order chi connectivity index (χ0) is 12.3. The molecule has 1 aromatic rings. The van der Waals surface area contributed by atoms with Crippen molar-refractivity contribution in [2.24, 2.45) is 0 Å². The third kappa shape index (κ3) is 3.30. The van der Waals surface area contributed by atoms with E-state index in [-0.39, 0.29) is 0 Å². The van der Waals surface area contributed by atoms with Crippen LogP contribution in [0.3, 0.4) is 0 Å². The number of carboxylic acid groups (broad SMARTS) is 1. The summed E-state index contributed by atoms with van der Waals surface area (Å²) in [5.74, 6) is -1.12. The first kappa shape index (κ1) is 12.6. The number of carboxylic acids is 1. The lowest BCUT2D eigenvalue weighted by molar-refractivity contribution is -0.138. The zero-order valence-corrected chi connectivity index (χ0v) is 10.9. The van der Waals surface area contributed by atoms with Gasteiger partial charge in [0.1, 0.15) is 5.92 Å². The molecule has 1 aromatic heterocycles. The zero-order valence-electron chi connectivity index (χ0n) is 10.1. The normalized spacial score (nSPS) is 18.4. The van der Waals surface area contributed by atoms with E-state index in [1.54, 1.807) is 11.3 Å². The summed E-state index contributed by atoms with van der Waals surface area (Å²) in [6.07, 6.45) is 4.92. The topological polar surface area (TPSA) is 49.3 Å². The highest BCUT2D eigenvalue weighted by atomic mass is 32.1. The van der Waals surface area contributed by atoms with Gasteiger partial charge in [-0.3, -0.25) is 4.79 Å². The molecule has 0 spiro atoms. The van der Waals surface area contributed by atoms with E-state index in [1.165, 1.54) is 30.6 Å². The van der Waals surface area contributed by atoms with Gasteiger partial charge in [0.05, 0.1) is 0 Å². The molecule has 0 aliphatic heterocycles. The van der Waals surface area contributed by atoms with E-state index in [0.717, 1.165) is 4.88 Å². The molecule has 2 rings (SSSR count). The Labute approximate surface area is 106 Å². The van der Waals surface area contributed by atoms with Gasteiger partial charge in [-0.25, -0.2) is 0 Å². The van der Waals surface area contributed by atoms with Gasteiger partial charge in [0.25, 0.3) is 0 Å². The van der Waals surface area contributed by atoms with E-state index >= 15 is 0 Å². The summed E-state index contributed by atoms with van der Waals surface area (Å²) >= 11 is 1.59. The van der Waals surface area contributed by atoms with Crippen LogP contribution in [-0.4, -0.2) is 23.7 Å². The highest BCUT2D eigenvalue weighted by Gasteiger charge is 2.23. The number of hydrogen-bond acceptors (Lipinski definition) is 3. The standard InChI is InChI=1S/C13H19NO2S/c1-9-6-7-12(17-9)11(13(15)16)8-14-10-4-2-3-5-10/h6-7,10-11,14H,2-5,8H2,1H3,(H,15,16). The van der Waals surface area contributed by atoms with E-state index in [9.17, 15) is 9.90 Å². The van der Waals surface area contributed by atoms with Gasteiger partial charge in [-0.15, -0.1) is 11.3 Å². The highest BCUT2D eigenvalue weighted by molar-refractivity contribution is 7.12. The molecular weight excluding hydrogens is 234 g/mol. The molecule has 1 saturated carbocycles. The van der Waals surface area contributed by atoms with Crippen LogP contribution < -0.4 is 5.32 Å². The molecular formula is C13H19NO2S. The van der Waals surface area contributed by atoms with E-state index in [0.29, 0.717) is 12.6 Å². The monoisotopic (exact) mass is 253 g/mol. The quantitative estimate of drug-likeness (QED) is 0.848. The number of thiophene rings is 1. The van der Waals surface area contributed by atoms with Crippen LogP contribution in [0.25, 0.3) is 0 Å². The van der Waals surface area contributed by atoms with Crippen LogP contribution >= 0.6 is 11.3 Å². The first-order valence-electron chi connectivity index (χ1n) is 6.19. The molecule has 0 amide bonds. The van der Waals surface area contributed by atoms with Crippen molar-refractivity contribution in [2.75, 3.05) is 6.54 Å². The maximum Gasteiger partial charge on any atom is 0.313 e. The summed E-state index contributed by atoms with van der Waals surface area (Å²) in [6.45, 7) is 2.57. The molecule has 4 heteroatoms. The molecule has 1 unspecified atom stereocenters. The molecule has 1 atom stereocenters. The molecule has 1 aliphatic carbocycles. The molecule has 0 radical (unpaired) electrons. The second kappa shape index (κ2) is 5.65. The van der Waals surface area contributed by atoms with E-state index < -0.39 is 11.9 Å². The van der Waals surface area contributed by atoms with Crippen molar-refractivity contribution in [3.05, 3.63) is 21.9 Å². The van der Waals surface area contributed by atoms with Crippen molar-refractivity contribution in [1.82, 2.24) is 5.32 Å². The lowest BCUT2D eigenvalue weighted by Gasteiger charge is -2.16. The summed E-state index contributed by atoms with van der Waals surface area (Å²) in [5.41, 5.74) is 0. The number of nitrogens with one attached hydrogen (secondary N) is 1. The molecule has 1 heterocycles. The first-order chi connectivity index (χ1) is 8.16. The number of aliphatic carboxylic acids is 1. The second-order valence-corrected chi connectivity index (χ2v) is 6.05. The van der Waals surface area contributed by atoms with E-state index in [1.807, 2.05) is 19.1 Å². The molecule has 0 bridgehead atoms. The molecule has 3 nitrogen and oxygen atoms in total. The molecule has 1 fully saturated rings. The molecule has 0 aromatic carbocycles. The third-order valence-electron chi connectivity index (χ3n) is 3.37. The number of rotatable bonds is 5. The summed E-state index contributed by atoms with van der Waals surface area (Å²) in [4.78, 5) is 13.4. The van der Waals surface area contributed by atoms with E-state index in [2.05, 4.69) is 5.32 Å². The van der Waals surface area contributed by atoms with Gasteiger partial charge >= 0.3 is 5.97 Å². The molecule has 94 valence electrons.